The molecule has 0 amide bonds. The van der Waals surface area contributed by atoms with Crippen LogP contribution >= 0.6 is 0 Å². The summed E-state index contributed by atoms with van der Waals surface area (Å²) >= 11 is 0. The van der Waals surface area contributed by atoms with Gasteiger partial charge < -0.3 is 15.2 Å². The van der Waals surface area contributed by atoms with Crippen molar-refractivity contribution in [2.45, 2.75) is 20.3 Å². The molecule has 0 fully saturated rings. The summed E-state index contributed by atoms with van der Waals surface area (Å²) in [5, 5.41) is 12.0. The molecule has 2 aromatic rings. The maximum atomic E-state index is 11.0. The van der Waals surface area contributed by atoms with E-state index in [1.807, 2.05) is 6.92 Å². The maximum Gasteiger partial charge on any atom is 0.335 e. The van der Waals surface area contributed by atoms with Crippen molar-refractivity contribution in [2.75, 3.05) is 11.9 Å². The average Bonchev–Trinajstić information content (AvgIpc) is 2.45. The fourth-order valence-electron chi connectivity index (χ4n) is 1.80. The zero-order chi connectivity index (χ0) is 15.2. The molecule has 1 aromatic carbocycles. The molecule has 6 heteroatoms. The van der Waals surface area contributed by atoms with E-state index in [-0.39, 0.29) is 5.56 Å². The number of hydrogen-bond donors (Lipinski definition) is 2. The van der Waals surface area contributed by atoms with Crippen molar-refractivity contribution in [2.24, 2.45) is 0 Å². The van der Waals surface area contributed by atoms with Gasteiger partial charge in [-0.1, -0.05) is 6.92 Å². The van der Waals surface area contributed by atoms with E-state index < -0.39 is 5.97 Å². The summed E-state index contributed by atoms with van der Waals surface area (Å²) in [7, 11) is 0. The Balaban J connectivity index is 2.14. The minimum Gasteiger partial charge on any atom is -0.478 e. The van der Waals surface area contributed by atoms with Gasteiger partial charge in [-0.25, -0.2) is 9.78 Å². The van der Waals surface area contributed by atoms with Gasteiger partial charge in [-0.2, -0.15) is 4.98 Å². The van der Waals surface area contributed by atoms with E-state index in [1.54, 1.807) is 37.4 Å². The van der Waals surface area contributed by atoms with Crippen LogP contribution in [0.5, 0.6) is 5.88 Å². The third-order valence-electron chi connectivity index (χ3n) is 2.80. The predicted molar refractivity (Wildman–Crippen MR) is 79.2 cm³/mol. The van der Waals surface area contributed by atoms with E-state index >= 15 is 0 Å². The highest BCUT2D eigenvalue weighted by atomic mass is 16.5. The van der Waals surface area contributed by atoms with Crippen LogP contribution in [-0.2, 0) is 0 Å². The second-order valence-corrected chi connectivity index (χ2v) is 4.53. The molecule has 110 valence electrons. The quantitative estimate of drug-likeness (QED) is 0.849. The summed E-state index contributed by atoms with van der Waals surface area (Å²) in [5.41, 5.74) is 1.68. The molecule has 1 aromatic heterocycles. The minimum atomic E-state index is -0.940. The second-order valence-electron chi connectivity index (χ2n) is 4.53. The minimum absolute atomic E-state index is 0.279. The maximum absolute atomic E-state index is 11.0. The molecule has 0 saturated carbocycles. The van der Waals surface area contributed by atoms with E-state index in [4.69, 9.17) is 9.84 Å². The summed E-state index contributed by atoms with van der Waals surface area (Å²) in [6.45, 7) is 4.37. The van der Waals surface area contributed by atoms with Crippen LogP contribution in [0.4, 0.5) is 11.6 Å². The van der Waals surface area contributed by atoms with Crippen molar-refractivity contribution in [3.63, 3.8) is 0 Å². The first kappa shape index (κ1) is 14.8. The molecule has 0 bridgehead atoms. The van der Waals surface area contributed by atoms with Crippen LogP contribution in [0.15, 0.2) is 30.5 Å². The van der Waals surface area contributed by atoms with E-state index in [1.165, 1.54) is 0 Å². The molecule has 0 spiro atoms. The first-order chi connectivity index (χ1) is 10.1. The molecule has 0 radical (unpaired) electrons. The first-order valence-corrected chi connectivity index (χ1v) is 6.67. The molecule has 2 N–H and O–H groups in total. The number of aryl methyl sites for hydroxylation is 1. The van der Waals surface area contributed by atoms with Gasteiger partial charge in [-0.3, -0.25) is 0 Å². The monoisotopic (exact) mass is 287 g/mol. The van der Waals surface area contributed by atoms with Crippen LogP contribution in [0.25, 0.3) is 0 Å². The van der Waals surface area contributed by atoms with E-state index in [0.717, 1.165) is 12.1 Å². The smallest absolute Gasteiger partial charge is 0.335 e. The predicted octanol–water partition coefficient (Wildman–Crippen LogP) is 3.02. The SMILES string of the molecule is CCCOc1ccnc(Nc2ccc(C(=O)O)c(C)c2)n1. The number of ether oxygens (including phenoxy) is 1. The Bertz CT molecular complexity index is 644. The van der Waals surface area contributed by atoms with Crippen molar-refractivity contribution in [1.29, 1.82) is 0 Å². The lowest BCUT2D eigenvalue weighted by molar-refractivity contribution is 0.0696. The highest BCUT2D eigenvalue weighted by molar-refractivity contribution is 5.90. The zero-order valence-corrected chi connectivity index (χ0v) is 12.0. The molecular formula is C15H17N3O3. The fourth-order valence-corrected chi connectivity index (χ4v) is 1.80. The van der Waals surface area contributed by atoms with Crippen molar-refractivity contribution in [3.8, 4) is 5.88 Å². The molecule has 6 nitrogen and oxygen atoms in total. The Morgan fingerprint density at radius 1 is 1.38 bits per heavy atom. The Morgan fingerprint density at radius 3 is 2.86 bits per heavy atom. The highest BCUT2D eigenvalue weighted by Gasteiger charge is 2.08. The molecule has 0 atom stereocenters. The van der Waals surface area contributed by atoms with Gasteiger partial charge in [-0.05, 0) is 37.1 Å². The van der Waals surface area contributed by atoms with Crippen LogP contribution in [0.3, 0.4) is 0 Å². The highest BCUT2D eigenvalue weighted by Crippen LogP contribution is 2.19. The summed E-state index contributed by atoms with van der Waals surface area (Å²) in [5.74, 6) is -0.0235. The summed E-state index contributed by atoms with van der Waals surface area (Å²) in [6, 6.07) is 6.67. The Labute approximate surface area is 122 Å². The van der Waals surface area contributed by atoms with Gasteiger partial charge >= 0.3 is 5.97 Å². The molecule has 0 unspecified atom stereocenters. The van der Waals surface area contributed by atoms with Gasteiger partial charge in [-0.15, -0.1) is 0 Å². The van der Waals surface area contributed by atoms with E-state index in [9.17, 15) is 4.79 Å². The Morgan fingerprint density at radius 2 is 2.19 bits per heavy atom. The van der Waals surface area contributed by atoms with Crippen LogP contribution < -0.4 is 10.1 Å². The first-order valence-electron chi connectivity index (χ1n) is 6.67. The molecule has 2 rings (SSSR count). The topological polar surface area (TPSA) is 84.3 Å². The van der Waals surface area contributed by atoms with Gasteiger partial charge in [0.05, 0.1) is 12.2 Å². The number of carboxylic acid groups (broad SMARTS) is 1. The summed E-state index contributed by atoms with van der Waals surface area (Å²) < 4.78 is 5.44. The lowest BCUT2D eigenvalue weighted by Gasteiger charge is -2.09. The normalized spacial score (nSPS) is 10.2. The van der Waals surface area contributed by atoms with Crippen molar-refractivity contribution in [3.05, 3.63) is 41.6 Å². The number of nitrogens with one attached hydrogen (secondary N) is 1. The number of nitrogens with zero attached hydrogens (tertiary/aromatic N) is 2. The van der Waals surface area contributed by atoms with Gasteiger partial charge in [0.2, 0.25) is 11.8 Å². The molecule has 21 heavy (non-hydrogen) atoms. The van der Waals surface area contributed by atoms with Crippen LogP contribution in [0, 0.1) is 6.92 Å². The summed E-state index contributed by atoms with van der Waals surface area (Å²) in [4.78, 5) is 19.3. The molecule has 0 aliphatic carbocycles. The lowest BCUT2D eigenvalue weighted by Crippen LogP contribution is -2.03. The van der Waals surface area contributed by atoms with Gasteiger partial charge in [0.15, 0.2) is 0 Å². The Kier molecular flexibility index (Phi) is 4.71. The number of aromatic nitrogens is 2. The van der Waals surface area contributed by atoms with E-state index in [2.05, 4.69) is 15.3 Å². The van der Waals surface area contributed by atoms with Crippen molar-refractivity contribution >= 4 is 17.6 Å². The molecule has 0 aliphatic rings. The number of aromatic carboxylic acids is 1. The molecular weight excluding hydrogens is 270 g/mol. The largest absolute Gasteiger partial charge is 0.478 e. The second kappa shape index (κ2) is 6.69. The van der Waals surface area contributed by atoms with Crippen LogP contribution in [0.2, 0.25) is 0 Å². The molecule has 0 aliphatic heterocycles. The lowest BCUT2D eigenvalue weighted by atomic mass is 10.1. The third-order valence-corrected chi connectivity index (χ3v) is 2.80. The third kappa shape index (κ3) is 3.92. The van der Waals surface area contributed by atoms with E-state index in [0.29, 0.717) is 24.0 Å². The molecule has 1 heterocycles. The summed E-state index contributed by atoms with van der Waals surface area (Å²) in [6.07, 6.45) is 2.52. The van der Waals surface area contributed by atoms with Crippen LogP contribution in [-0.4, -0.2) is 27.7 Å². The number of rotatable bonds is 6. The zero-order valence-electron chi connectivity index (χ0n) is 12.0. The van der Waals surface area contributed by atoms with Gasteiger partial charge in [0, 0.05) is 18.0 Å². The number of benzene rings is 1. The van der Waals surface area contributed by atoms with Gasteiger partial charge in [0.25, 0.3) is 0 Å². The van der Waals surface area contributed by atoms with Gasteiger partial charge in [0.1, 0.15) is 0 Å². The van der Waals surface area contributed by atoms with Crippen LogP contribution in [0.1, 0.15) is 29.3 Å². The standard InChI is InChI=1S/C15H17N3O3/c1-3-8-21-13-6-7-16-15(18-13)17-11-4-5-12(14(19)20)10(2)9-11/h4-7,9H,3,8H2,1-2H3,(H,19,20)(H,16,17,18). The molecule has 0 saturated heterocycles. The van der Waals surface area contributed by atoms with Crippen molar-refractivity contribution in [1.82, 2.24) is 9.97 Å². The number of anilines is 2. The number of carboxylic acids is 1. The van der Waals surface area contributed by atoms with Crippen molar-refractivity contribution < 1.29 is 14.6 Å². The average molecular weight is 287 g/mol. The Hall–Kier alpha value is -2.63. The number of carbonyl (C=O) groups is 1. The number of hydrogen-bond acceptors (Lipinski definition) is 5. The fraction of sp³-hybridized carbons (Fsp3) is 0.267.